The highest BCUT2D eigenvalue weighted by Crippen LogP contribution is 2.30. The molecule has 7 nitrogen and oxygen atoms in total. The summed E-state index contributed by atoms with van der Waals surface area (Å²) >= 11 is 0. The molecule has 27 heavy (non-hydrogen) atoms. The predicted molar refractivity (Wildman–Crippen MR) is 101 cm³/mol. The average Bonchev–Trinajstić information content (AvgIpc) is 3.06. The highest BCUT2D eigenvalue weighted by molar-refractivity contribution is 6.00. The molecule has 0 radical (unpaired) electrons. The normalized spacial score (nSPS) is 24.7. The van der Waals surface area contributed by atoms with E-state index in [4.69, 9.17) is 10.5 Å². The van der Waals surface area contributed by atoms with Crippen LogP contribution < -0.4 is 15.8 Å². The van der Waals surface area contributed by atoms with E-state index in [1.54, 1.807) is 0 Å². The maximum Gasteiger partial charge on any atom is 0.243 e. The molecule has 0 aliphatic carbocycles. The number of amides is 2. The summed E-state index contributed by atoms with van der Waals surface area (Å²) < 4.78 is 5.96. The summed E-state index contributed by atoms with van der Waals surface area (Å²) in [6, 6.07) is 6.33. The number of ether oxygens (including phenoxy) is 1. The Hall–Kier alpha value is -1.96. The smallest absolute Gasteiger partial charge is 0.243 e. The third-order valence-electron chi connectivity index (χ3n) is 5.88. The molecule has 3 heterocycles. The molecule has 7 heteroatoms. The number of piperidine rings is 2. The monoisotopic (exact) mass is 372 g/mol. The minimum absolute atomic E-state index is 0.167. The maximum absolute atomic E-state index is 12.1. The SMILES string of the molecule is NC1CCN(CCOc2ccc3c(c2)CN(C2CCC(=O)NC2=O)C3)CC1. The molecule has 1 atom stereocenters. The third-order valence-corrected chi connectivity index (χ3v) is 5.88. The maximum atomic E-state index is 12.1. The topological polar surface area (TPSA) is 87.9 Å². The highest BCUT2D eigenvalue weighted by Gasteiger charge is 2.34. The number of benzene rings is 1. The van der Waals surface area contributed by atoms with Gasteiger partial charge in [-0.2, -0.15) is 0 Å². The molecule has 3 N–H and O–H groups in total. The Kier molecular flexibility index (Phi) is 5.43. The van der Waals surface area contributed by atoms with Gasteiger partial charge in [0.1, 0.15) is 12.4 Å². The molecule has 2 saturated heterocycles. The second kappa shape index (κ2) is 7.96. The molecular formula is C20H28N4O3. The number of hydrogen-bond acceptors (Lipinski definition) is 6. The molecule has 3 aliphatic rings. The number of imide groups is 1. The number of nitrogens with zero attached hydrogens (tertiary/aromatic N) is 2. The summed E-state index contributed by atoms with van der Waals surface area (Å²) in [5, 5.41) is 2.45. The standard InChI is InChI=1S/C20H28N4O3/c21-16-5-7-23(8-6-16)9-10-27-17-2-1-14-12-24(13-15(14)11-17)18-3-4-19(25)22-20(18)26/h1-2,11,16,18H,3-10,12-13,21H2,(H,22,25,26). The summed E-state index contributed by atoms with van der Waals surface area (Å²) in [4.78, 5) is 28.0. The van der Waals surface area contributed by atoms with Crippen molar-refractivity contribution < 1.29 is 14.3 Å². The Labute approximate surface area is 159 Å². The van der Waals surface area contributed by atoms with Gasteiger partial charge in [0.15, 0.2) is 0 Å². The van der Waals surface area contributed by atoms with Crippen LogP contribution in [0, 0.1) is 0 Å². The Morgan fingerprint density at radius 1 is 1.11 bits per heavy atom. The lowest BCUT2D eigenvalue weighted by atomic mass is 10.0. The number of carbonyl (C=O) groups excluding carboxylic acids is 2. The molecule has 2 amide bonds. The fourth-order valence-electron chi connectivity index (χ4n) is 4.21. The van der Waals surface area contributed by atoms with E-state index in [1.807, 2.05) is 6.07 Å². The zero-order chi connectivity index (χ0) is 18.8. The molecule has 0 bridgehead atoms. The van der Waals surface area contributed by atoms with E-state index in [-0.39, 0.29) is 17.9 Å². The van der Waals surface area contributed by atoms with Gasteiger partial charge >= 0.3 is 0 Å². The van der Waals surface area contributed by atoms with Gasteiger partial charge in [-0.3, -0.25) is 24.7 Å². The number of rotatable bonds is 5. The third kappa shape index (κ3) is 4.31. The van der Waals surface area contributed by atoms with Gasteiger partial charge in [-0.25, -0.2) is 0 Å². The second-order valence-corrected chi connectivity index (χ2v) is 7.83. The van der Waals surface area contributed by atoms with Crippen LogP contribution in [0.3, 0.4) is 0 Å². The quantitative estimate of drug-likeness (QED) is 0.737. The summed E-state index contributed by atoms with van der Waals surface area (Å²) in [5.41, 5.74) is 8.39. The van der Waals surface area contributed by atoms with Gasteiger partial charge in [0.25, 0.3) is 0 Å². The molecule has 0 saturated carbocycles. The van der Waals surface area contributed by atoms with Crippen LogP contribution in [-0.2, 0) is 22.7 Å². The Morgan fingerprint density at radius 3 is 2.67 bits per heavy atom. The van der Waals surface area contributed by atoms with Crippen LogP contribution in [0.1, 0.15) is 36.8 Å². The molecule has 1 unspecified atom stereocenters. The molecule has 0 spiro atoms. The Bertz CT molecular complexity index is 715. The van der Waals surface area contributed by atoms with Crippen molar-refractivity contribution in [3.05, 3.63) is 29.3 Å². The Morgan fingerprint density at radius 2 is 1.89 bits per heavy atom. The van der Waals surface area contributed by atoms with E-state index in [0.29, 0.717) is 25.5 Å². The van der Waals surface area contributed by atoms with E-state index >= 15 is 0 Å². The van der Waals surface area contributed by atoms with Gasteiger partial charge in [0.2, 0.25) is 11.8 Å². The average molecular weight is 372 g/mol. The molecular weight excluding hydrogens is 344 g/mol. The minimum atomic E-state index is -0.218. The first-order chi connectivity index (χ1) is 13.1. The lowest BCUT2D eigenvalue weighted by molar-refractivity contribution is -0.137. The van der Waals surface area contributed by atoms with Crippen LogP contribution in [0.4, 0.5) is 0 Å². The molecule has 1 aromatic rings. The fraction of sp³-hybridized carbons (Fsp3) is 0.600. The van der Waals surface area contributed by atoms with Crippen molar-refractivity contribution in [2.45, 2.75) is 50.9 Å². The van der Waals surface area contributed by atoms with Gasteiger partial charge in [0.05, 0.1) is 6.04 Å². The van der Waals surface area contributed by atoms with E-state index < -0.39 is 0 Å². The lowest BCUT2D eigenvalue weighted by Crippen LogP contribution is -2.50. The molecule has 3 aliphatic heterocycles. The molecule has 2 fully saturated rings. The number of hydrogen-bond donors (Lipinski definition) is 2. The number of likely N-dealkylation sites (tertiary alicyclic amines) is 1. The van der Waals surface area contributed by atoms with Crippen molar-refractivity contribution in [2.24, 2.45) is 5.73 Å². The van der Waals surface area contributed by atoms with Crippen molar-refractivity contribution in [3.63, 3.8) is 0 Å². The van der Waals surface area contributed by atoms with Gasteiger partial charge < -0.3 is 10.5 Å². The van der Waals surface area contributed by atoms with E-state index in [0.717, 1.165) is 51.3 Å². The van der Waals surface area contributed by atoms with Gasteiger partial charge in [-0.15, -0.1) is 0 Å². The minimum Gasteiger partial charge on any atom is -0.492 e. The van der Waals surface area contributed by atoms with Crippen LogP contribution in [-0.4, -0.2) is 59.9 Å². The molecule has 4 rings (SSSR count). The second-order valence-electron chi connectivity index (χ2n) is 7.83. The number of nitrogens with two attached hydrogens (primary N) is 1. The summed E-state index contributed by atoms with van der Waals surface area (Å²) in [5.74, 6) is 0.545. The van der Waals surface area contributed by atoms with Gasteiger partial charge in [-0.1, -0.05) is 6.07 Å². The summed E-state index contributed by atoms with van der Waals surface area (Å²) in [6.07, 6.45) is 3.14. The molecule has 1 aromatic carbocycles. The first-order valence-corrected chi connectivity index (χ1v) is 9.89. The summed E-state index contributed by atoms with van der Waals surface area (Å²) in [7, 11) is 0. The fourth-order valence-corrected chi connectivity index (χ4v) is 4.21. The van der Waals surface area contributed by atoms with Crippen molar-refractivity contribution in [1.29, 1.82) is 0 Å². The number of fused-ring (bicyclic) bond motifs is 1. The van der Waals surface area contributed by atoms with Crippen molar-refractivity contribution in [3.8, 4) is 5.75 Å². The van der Waals surface area contributed by atoms with Gasteiger partial charge in [-0.05, 0) is 55.6 Å². The number of nitrogens with one attached hydrogen (secondary N) is 1. The van der Waals surface area contributed by atoms with Crippen molar-refractivity contribution >= 4 is 11.8 Å². The van der Waals surface area contributed by atoms with Crippen LogP contribution in [0.5, 0.6) is 5.75 Å². The predicted octanol–water partition coefficient (Wildman–Crippen LogP) is 0.609. The Balaban J connectivity index is 1.29. The van der Waals surface area contributed by atoms with E-state index in [9.17, 15) is 9.59 Å². The van der Waals surface area contributed by atoms with Crippen molar-refractivity contribution in [2.75, 3.05) is 26.2 Å². The number of carbonyl (C=O) groups is 2. The highest BCUT2D eigenvalue weighted by atomic mass is 16.5. The van der Waals surface area contributed by atoms with Crippen LogP contribution in [0.2, 0.25) is 0 Å². The molecule has 146 valence electrons. The summed E-state index contributed by atoms with van der Waals surface area (Å²) in [6.45, 7) is 5.17. The largest absolute Gasteiger partial charge is 0.492 e. The van der Waals surface area contributed by atoms with E-state index in [2.05, 4.69) is 27.2 Å². The first kappa shape index (κ1) is 18.4. The zero-order valence-electron chi connectivity index (χ0n) is 15.7. The first-order valence-electron chi connectivity index (χ1n) is 9.89. The van der Waals surface area contributed by atoms with E-state index in [1.165, 1.54) is 11.1 Å². The lowest BCUT2D eigenvalue weighted by Gasteiger charge is -2.29. The van der Waals surface area contributed by atoms with Crippen LogP contribution >= 0.6 is 0 Å². The van der Waals surface area contributed by atoms with Gasteiger partial charge in [0, 0.05) is 32.1 Å². The van der Waals surface area contributed by atoms with Crippen LogP contribution in [0.15, 0.2) is 18.2 Å². The van der Waals surface area contributed by atoms with Crippen molar-refractivity contribution in [1.82, 2.24) is 15.1 Å². The molecule has 0 aromatic heterocycles. The van der Waals surface area contributed by atoms with Crippen LogP contribution in [0.25, 0.3) is 0 Å². The zero-order valence-corrected chi connectivity index (χ0v) is 15.7.